The zero-order valence-electron chi connectivity index (χ0n) is 11.6. The van der Waals surface area contributed by atoms with Gasteiger partial charge in [-0.1, -0.05) is 32.0 Å². The summed E-state index contributed by atoms with van der Waals surface area (Å²) in [6, 6.07) is 9.13. The molecule has 1 N–H and O–H groups in total. The summed E-state index contributed by atoms with van der Waals surface area (Å²) < 4.78 is 5.41. The predicted molar refractivity (Wildman–Crippen MR) is 76.0 cm³/mol. The van der Waals surface area contributed by atoms with Gasteiger partial charge in [0.05, 0.1) is 12.6 Å². The number of hydrogen-bond donors (Lipinski definition) is 1. The largest absolute Gasteiger partial charge is 0.383 e. The summed E-state index contributed by atoms with van der Waals surface area (Å²) in [7, 11) is 1.79. The number of ether oxygens (including phenoxy) is 1. The van der Waals surface area contributed by atoms with Crippen LogP contribution in [0.1, 0.15) is 19.4 Å². The zero-order chi connectivity index (χ0) is 13.0. The van der Waals surface area contributed by atoms with E-state index in [-0.39, 0.29) is 0 Å². The Morgan fingerprint density at radius 3 is 2.83 bits per heavy atom. The van der Waals surface area contributed by atoms with Gasteiger partial charge in [0.1, 0.15) is 0 Å². The van der Waals surface area contributed by atoms with E-state index in [1.54, 1.807) is 7.11 Å². The van der Waals surface area contributed by atoms with Gasteiger partial charge in [-0.2, -0.15) is 0 Å². The van der Waals surface area contributed by atoms with Crippen molar-refractivity contribution in [3.63, 3.8) is 0 Å². The van der Waals surface area contributed by atoms with Crippen LogP contribution < -0.4 is 10.2 Å². The first-order valence-electron chi connectivity index (χ1n) is 6.78. The van der Waals surface area contributed by atoms with Crippen LogP contribution in [0, 0.1) is 5.92 Å². The maximum absolute atomic E-state index is 5.41. The first-order valence-corrected chi connectivity index (χ1v) is 6.78. The molecule has 1 aliphatic heterocycles. The van der Waals surface area contributed by atoms with E-state index >= 15 is 0 Å². The molecule has 0 radical (unpaired) electrons. The van der Waals surface area contributed by atoms with Crippen molar-refractivity contribution in [1.29, 1.82) is 0 Å². The molecule has 0 spiro atoms. The second kappa shape index (κ2) is 6.21. The molecule has 1 aliphatic rings. The lowest BCUT2D eigenvalue weighted by atomic mass is 10.0. The number of para-hydroxylation sites is 1. The van der Waals surface area contributed by atoms with Crippen LogP contribution in [0.4, 0.5) is 5.69 Å². The van der Waals surface area contributed by atoms with Crippen LogP contribution in [-0.2, 0) is 11.3 Å². The van der Waals surface area contributed by atoms with E-state index in [4.69, 9.17) is 4.74 Å². The predicted octanol–water partition coefficient (Wildman–Crippen LogP) is 2.27. The maximum atomic E-state index is 5.41. The van der Waals surface area contributed by atoms with Crippen molar-refractivity contribution < 1.29 is 4.74 Å². The number of hydrogen-bond acceptors (Lipinski definition) is 3. The van der Waals surface area contributed by atoms with Crippen LogP contribution in [0.25, 0.3) is 0 Å². The molecule has 0 amide bonds. The summed E-state index contributed by atoms with van der Waals surface area (Å²) in [6.07, 6.45) is 0. The minimum absolute atomic E-state index is 0.441. The van der Waals surface area contributed by atoms with Gasteiger partial charge in [-0.05, 0) is 17.5 Å². The van der Waals surface area contributed by atoms with Gasteiger partial charge in [-0.3, -0.25) is 0 Å². The molecule has 0 fully saturated rings. The summed E-state index contributed by atoms with van der Waals surface area (Å²) >= 11 is 0. The van der Waals surface area contributed by atoms with Crippen molar-refractivity contribution in [1.82, 2.24) is 5.32 Å². The van der Waals surface area contributed by atoms with Gasteiger partial charge in [0, 0.05) is 32.4 Å². The third-order valence-electron chi connectivity index (χ3n) is 3.65. The Morgan fingerprint density at radius 2 is 2.11 bits per heavy atom. The van der Waals surface area contributed by atoms with E-state index in [2.05, 4.69) is 48.3 Å². The van der Waals surface area contributed by atoms with Gasteiger partial charge in [0.2, 0.25) is 0 Å². The standard InChI is InChI=1S/C15H24N2O/c1-12(2)15(11-18-3)17-9-8-16-10-13-6-4-5-7-14(13)17/h4-7,12,15-16H,8-11H2,1-3H3. The molecule has 0 saturated heterocycles. The molecule has 1 atom stereocenters. The van der Waals surface area contributed by atoms with E-state index in [0.29, 0.717) is 12.0 Å². The van der Waals surface area contributed by atoms with E-state index in [0.717, 1.165) is 26.2 Å². The molecular weight excluding hydrogens is 224 g/mol. The van der Waals surface area contributed by atoms with E-state index in [1.807, 2.05) is 0 Å². The Morgan fingerprint density at radius 1 is 1.33 bits per heavy atom. The van der Waals surface area contributed by atoms with Crippen molar-refractivity contribution in [3.05, 3.63) is 29.8 Å². The Balaban J connectivity index is 2.30. The maximum Gasteiger partial charge on any atom is 0.0668 e. The number of benzene rings is 1. The number of rotatable bonds is 4. The van der Waals surface area contributed by atoms with Crippen LogP contribution in [-0.4, -0.2) is 32.8 Å². The number of nitrogens with zero attached hydrogens (tertiary/aromatic N) is 1. The lowest BCUT2D eigenvalue weighted by Gasteiger charge is -2.35. The summed E-state index contributed by atoms with van der Waals surface area (Å²) in [5.74, 6) is 0.580. The molecule has 2 rings (SSSR count). The second-order valence-corrected chi connectivity index (χ2v) is 5.27. The van der Waals surface area contributed by atoms with E-state index in [9.17, 15) is 0 Å². The Labute approximate surface area is 110 Å². The lowest BCUT2D eigenvalue weighted by molar-refractivity contribution is 0.159. The highest BCUT2D eigenvalue weighted by Gasteiger charge is 2.24. The quantitative estimate of drug-likeness (QED) is 0.884. The van der Waals surface area contributed by atoms with Crippen molar-refractivity contribution in [2.45, 2.75) is 26.4 Å². The van der Waals surface area contributed by atoms with Crippen LogP contribution in [0.2, 0.25) is 0 Å². The summed E-state index contributed by atoms with van der Waals surface area (Å²) in [6.45, 7) is 8.36. The van der Waals surface area contributed by atoms with Gasteiger partial charge in [-0.25, -0.2) is 0 Å². The molecule has 18 heavy (non-hydrogen) atoms. The third-order valence-corrected chi connectivity index (χ3v) is 3.65. The molecule has 0 aromatic heterocycles. The molecule has 3 nitrogen and oxygen atoms in total. The molecule has 0 aliphatic carbocycles. The normalized spacial score (nSPS) is 17.4. The molecule has 100 valence electrons. The average molecular weight is 248 g/mol. The molecule has 1 heterocycles. The van der Waals surface area contributed by atoms with Crippen LogP contribution in [0.3, 0.4) is 0 Å². The molecule has 1 aromatic carbocycles. The fraction of sp³-hybridized carbons (Fsp3) is 0.600. The summed E-state index contributed by atoms with van der Waals surface area (Å²) in [5, 5.41) is 3.49. The first-order chi connectivity index (χ1) is 8.74. The zero-order valence-corrected chi connectivity index (χ0v) is 11.6. The van der Waals surface area contributed by atoms with Gasteiger partial charge in [0.25, 0.3) is 0 Å². The van der Waals surface area contributed by atoms with Crippen LogP contribution in [0.5, 0.6) is 0 Å². The number of anilines is 1. The van der Waals surface area contributed by atoms with Crippen molar-refractivity contribution in [2.75, 3.05) is 31.7 Å². The molecule has 0 bridgehead atoms. The summed E-state index contributed by atoms with van der Waals surface area (Å²) in [4.78, 5) is 2.50. The highest BCUT2D eigenvalue weighted by molar-refractivity contribution is 5.55. The van der Waals surface area contributed by atoms with E-state index < -0.39 is 0 Å². The molecular formula is C15H24N2O. The monoisotopic (exact) mass is 248 g/mol. The number of fused-ring (bicyclic) bond motifs is 1. The number of nitrogens with one attached hydrogen (secondary N) is 1. The first kappa shape index (κ1) is 13.4. The second-order valence-electron chi connectivity index (χ2n) is 5.27. The molecule has 1 aromatic rings. The number of methoxy groups -OCH3 is 1. The van der Waals surface area contributed by atoms with Gasteiger partial charge in [-0.15, -0.1) is 0 Å². The Bertz CT molecular complexity index is 379. The molecule has 0 saturated carbocycles. The topological polar surface area (TPSA) is 24.5 Å². The average Bonchev–Trinajstić information content (AvgIpc) is 2.58. The minimum Gasteiger partial charge on any atom is -0.383 e. The minimum atomic E-state index is 0.441. The van der Waals surface area contributed by atoms with Gasteiger partial charge >= 0.3 is 0 Å². The fourth-order valence-corrected chi connectivity index (χ4v) is 2.64. The Kier molecular flexibility index (Phi) is 4.61. The molecule has 1 unspecified atom stereocenters. The smallest absolute Gasteiger partial charge is 0.0668 e. The lowest BCUT2D eigenvalue weighted by Crippen LogP contribution is -2.44. The van der Waals surface area contributed by atoms with Crippen molar-refractivity contribution >= 4 is 5.69 Å². The fourth-order valence-electron chi connectivity index (χ4n) is 2.64. The summed E-state index contributed by atoms with van der Waals surface area (Å²) in [5.41, 5.74) is 2.75. The van der Waals surface area contributed by atoms with Crippen molar-refractivity contribution in [3.8, 4) is 0 Å². The highest BCUT2D eigenvalue weighted by atomic mass is 16.5. The molecule has 3 heteroatoms. The van der Waals surface area contributed by atoms with Gasteiger partial charge in [0.15, 0.2) is 0 Å². The van der Waals surface area contributed by atoms with Gasteiger partial charge < -0.3 is 15.0 Å². The third kappa shape index (κ3) is 2.85. The Hall–Kier alpha value is -1.06. The van der Waals surface area contributed by atoms with Crippen LogP contribution in [0.15, 0.2) is 24.3 Å². The van der Waals surface area contributed by atoms with Crippen LogP contribution >= 0.6 is 0 Å². The van der Waals surface area contributed by atoms with Crippen molar-refractivity contribution in [2.24, 2.45) is 5.92 Å². The van der Waals surface area contributed by atoms with E-state index in [1.165, 1.54) is 11.3 Å². The highest BCUT2D eigenvalue weighted by Crippen LogP contribution is 2.26. The SMILES string of the molecule is COCC(C(C)C)N1CCNCc2ccccc21.